The van der Waals surface area contributed by atoms with E-state index in [0.29, 0.717) is 5.92 Å². The molecule has 0 saturated heterocycles. The van der Waals surface area contributed by atoms with Gasteiger partial charge in [-0.2, -0.15) is 0 Å². The minimum Gasteiger partial charge on any atom is -0.435 e. The van der Waals surface area contributed by atoms with Gasteiger partial charge in [0.25, 0.3) is 5.69 Å². The molecule has 0 unspecified atom stereocenters. The number of benzene rings is 1. The number of esters is 1. The van der Waals surface area contributed by atoms with Crippen LogP contribution in [0.1, 0.15) is 25.8 Å². The normalized spacial score (nSPS) is 25.3. The van der Waals surface area contributed by atoms with Crippen molar-refractivity contribution >= 4 is 11.7 Å². The molecule has 0 heterocycles. The molecule has 2 atom stereocenters. The Morgan fingerprint density at radius 2 is 2.11 bits per heavy atom. The van der Waals surface area contributed by atoms with E-state index < -0.39 is 4.92 Å². The lowest BCUT2D eigenvalue weighted by Gasteiger charge is -2.09. The van der Waals surface area contributed by atoms with Crippen LogP contribution in [0.4, 0.5) is 5.69 Å². The Balaban J connectivity index is 2.05. The van der Waals surface area contributed by atoms with Gasteiger partial charge in [-0.3, -0.25) is 14.9 Å². The fourth-order valence-corrected chi connectivity index (χ4v) is 2.20. The molecule has 0 amide bonds. The summed E-state index contributed by atoms with van der Waals surface area (Å²) in [4.78, 5) is 20.8. The molecule has 0 N–H and O–H groups in total. The topological polar surface area (TPSA) is 69.4 Å². The third-order valence-electron chi connectivity index (χ3n) is 3.58. The molecular weight excluding hydrogens is 246 g/mol. The van der Waals surface area contributed by atoms with Crippen molar-refractivity contribution in [3.8, 4) is 0 Å². The van der Waals surface area contributed by atoms with Crippen molar-refractivity contribution in [1.82, 2.24) is 0 Å². The van der Waals surface area contributed by atoms with Crippen molar-refractivity contribution in [2.75, 3.05) is 0 Å². The van der Waals surface area contributed by atoms with Gasteiger partial charge < -0.3 is 4.74 Å². The van der Waals surface area contributed by atoms with E-state index in [-0.39, 0.29) is 17.1 Å². The second kappa shape index (κ2) is 4.84. The summed E-state index contributed by atoms with van der Waals surface area (Å²) in [6.07, 6.45) is 4.23. The summed E-state index contributed by atoms with van der Waals surface area (Å²) in [5.74, 6) is -0.0396. The van der Waals surface area contributed by atoms with Crippen molar-refractivity contribution in [2.24, 2.45) is 5.92 Å². The van der Waals surface area contributed by atoms with Crippen LogP contribution in [-0.4, -0.2) is 10.9 Å². The molecule has 19 heavy (non-hydrogen) atoms. The van der Waals surface area contributed by atoms with Crippen molar-refractivity contribution in [1.29, 1.82) is 0 Å². The monoisotopic (exact) mass is 261 g/mol. The molecule has 5 heteroatoms. The molecule has 100 valence electrons. The number of nitro groups is 1. The van der Waals surface area contributed by atoms with E-state index in [9.17, 15) is 14.9 Å². The number of non-ortho nitro benzene ring substituents is 1. The maximum absolute atomic E-state index is 10.6. The first-order valence-electron chi connectivity index (χ1n) is 6.02. The largest absolute Gasteiger partial charge is 0.435 e. The summed E-state index contributed by atoms with van der Waals surface area (Å²) in [6, 6.07) is 6.62. The van der Waals surface area contributed by atoms with E-state index in [0.717, 1.165) is 12.0 Å². The molecule has 0 radical (unpaired) electrons. The van der Waals surface area contributed by atoms with Crippen LogP contribution in [0.2, 0.25) is 0 Å². The molecule has 1 aromatic carbocycles. The number of allylic oxidation sites excluding steroid dienone is 1. The summed E-state index contributed by atoms with van der Waals surface area (Å²) in [6.45, 7) is 3.45. The average molecular weight is 261 g/mol. The number of ether oxygens (including phenoxy) is 1. The summed E-state index contributed by atoms with van der Waals surface area (Å²) in [5, 5.41) is 10.6. The van der Waals surface area contributed by atoms with Crippen molar-refractivity contribution in [3.05, 3.63) is 52.3 Å². The Labute approximate surface area is 111 Å². The number of nitrogens with zero attached hydrogens (tertiary/aromatic N) is 1. The first-order chi connectivity index (χ1) is 8.93. The summed E-state index contributed by atoms with van der Waals surface area (Å²) >= 11 is 0. The predicted octanol–water partition coefficient (Wildman–Crippen LogP) is 2.95. The van der Waals surface area contributed by atoms with Crippen LogP contribution in [0.25, 0.3) is 0 Å². The van der Waals surface area contributed by atoms with Gasteiger partial charge in [-0.05, 0) is 29.4 Å². The lowest BCUT2D eigenvalue weighted by Crippen LogP contribution is -2.03. The van der Waals surface area contributed by atoms with Crippen LogP contribution in [0.3, 0.4) is 0 Å². The Kier molecular flexibility index (Phi) is 3.38. The van der Waals surface area contributed by atoms with Gasteiger partial charge in [-0.1, -0.05) is 19.1 Å². The summed E-state index contributed by atoms with van der Waals surface area (Å²) in [5.41, 5.74) is 1.14. The number of carbonyl (C=O) groups is 1. The minimum atomic E-state index is -0.406. The molecule has 0 aliphatic heterocycles. The molecule has 2 rings (SSSR count). The van der Waals surface area contributed by atoms with E-state index >= 15 is 0 Å². The smallest absolute Gasteiger partial charge is 0.307 e. The van der Waals surface area contributed by atoms with Crippen molar-refractivity contribution < 1.29 is 14.5 Å². The highest BCUT2D eigenvalue weighted by Crippen LogP contribution is 2.54. The number of hydrogen-bond acceptors (Lipinski definition) is 4. The van der Waals surface area contributed by atoms with Gasteiger partial charge >= 0.3 is 5.97 Å². The lowest BCUT2D eigenvalue weighted by atomic mass is 9.95. The zero-order valence-corrected chi connectivity index (χ0v) is 10.8. The van der Waals surface area contributed by atoms with Gasteiger partial charge in [0.15, 0.2) is 0 Å². The second-order valence-corrected chi connectivity index (χ2v) is 4.97. The molecule has 1 saturated carbocycles. The van der Waals surface area contributed by atoms with Gasteiger partial charge in [0.2, 0.25) is 0 Å². The molecule has 1 fully saturated rings. The van der Waals surface area contributed by atoms with Crippen LogP contribution in [0.5, 0.6) is 0 Å². The zero-order valence-electron chi connectivity index (χ0n) is 10.8. The van der Waals surface area contributed by atoms with Crippen molar-refractivity contribution in [2.45, 2.75) is 25.7 Å². The third kappa shape index (κ3) is 2.81. The number of carbonyl (C=O) groups excluding carboxylic acids is 1. The first kappa shape index (κ1) is 13.3. The van der Waals surface area contributed by atoms with Gasteiger partial charge in [0, 0.05) is 19.1 Å². The van der Waals surface area contributed by atoms with Crippen LogP contribution in [-0.2, 0) is 14.9 Å². The first-order valence-corrected chi connectivity index (χ1v) is 6.02. The molecule has 0 aromatic heterocycles. The van der Waals surface area contributed by atoms with Gasteiger partial charge in [-0.25, -0.2) is 0 Å². The summed E-state index contributed by atoms with van der Waals surface area (Å²) < 4.78 is 4.76. The summed E-state index contributed by atoms with van der Waals surface area (Å²) in [7, 11) is 0. The highest BCUT2D eigenvalue weighted by Gasteiger charge is 2.49. The highest BCUT2D eigenvalue weighted by molar-refractivity contribution is 5.66. The number of nitro benzene ring substituents is 1. The number of hydrogen-bond donors (Lipinski definition) is 0. The Morgan fingerprint density at radius 1 is 1.47 bits per heavy atom. The molecule has 1 aliphatic rings. The molecule has 0 spiro atoms. The Hall–Kier alpha value is -2.17. The zero-order chi connectivity index (χ0) is 14.0. The van der Waals surface area contributed by atoms with Crippen LogP contribution in [0, 0.1) is 16.0 Å². The SMILES string of the molecule is CC(=O)O/C=C/[C@H]1C[C@]1(C)c1ccc([N+](=O)[O-])cc1. The standard InChI is InChI=1S/C14H15NO4/c1-10(16)19-8-7-12-9-14(12,2)11-3-5-13(6-4-11)15(17)18/h3-8,12H,9H2,1-2H3/b8-7+/t12-,14+/m0/s1. The van der Waals surface area contributed by atoms with E-state index in [1.165, 1.54) is 25.3 Å². The fraction of sp³-hybridized carbons (Fsp3) is 0.357. The second-order valence-electron chi connectivity index (χ2n) is 4.97. The quantitative estimate of drug-likeness (QED) is 0.361. The number of rotatable bonds is 4. The Morgan fingerprint density at radius 3 is 2.63 bits per heavy atom. The molecule has 5 nitrogen and oxygen atoms in total. The lowest BCUT2D eigenvalue weighted by molar-refractivity contribution is -0.384. The molecule has 0 bridgehead atoms. The van der Waals surface area contributed by atoms with Crippen LogP contribution < -0.4 is 0 Å². The predicted molar refractivity (Wildman–Crippen MR) is 69.5 cm³/mol. The van der Waals surface area contributed by atoms with Crippen LogP contribution >= 0.6 is 0 Å². The van der Waals surface area contributed by atoms with E-state index in [1.807, 2.05) is 6.08 Å². The van der Waals surface area contributed by atoms with Gasteiger partial charge in [0.1, 0.15) is 0 Å². The van der Waals surface area contributed by atoms with Crippen LogP contribution in [0.15, 0.2) is 36.6 Å². The Bertz CT molecular complexity index is 535. The molecule has 1 aliphatic carbocycles. The van der Waals surface area contributed by atoms with Crippen molar-refractivity contribution in [3.63, 3.8) is 0 Å². The molecular formula is C14H15NO4. The maximum Gasteiger partial charge on any atom is 0.307 e. The van der Waals surface area contributed by atoms with E-state index in [4.69, 9.17) is 4.74 Å². The van der Waals surface area contributed by atoms with Gasteiger partial charge in [0.05, 0.1) is 11.2 Å². The maximum atomic E-state index is 10.6. The fourth-order valence-electron chi connectivity index (χ4n) is 2.20. The van der Waals surface area contributed by atoms with Gasteiger partial charge in [-0.15, -0.1) is 0 Å². The average Bonchev–Trinajstić information content (AvgIpc) is 3.01. The molecule has 1 aromatic rings. The third-order valence-corrected chi connectivity index (χ3v) is 3.58. The minimum absolute atomic E-state index is 0.0220. The highest BCUT2D eigenvalue weighted by atomic mass is 16.6. The van der Waals surface area contributed by atoms with E-state index in [1.54, 1.807) is 12.1 Å². The van der Waals surface area contributed by atoms with E-state index in [2.05, 4.69) is 6.92 Å².